The summed E-state index contributed by atoms with van der Waals surface area (Å²) in [6, 6.07) is 25.5. The average molecular weight is 432 g/mol. The van der Waals surface area contributed by atoms with Crippen LogP contribution in [0.1, 0.15) is 5.56 Å². The molecule has 0 radical (unpaired) electrons. The van der Waals surface area contributed by atoms with E-state index in [0.717, 1.165) is 11.8 Å². The molecule has 0 saturated carbocycles. The van der Waals surface area contributed by atoms with Crippen molar-refractivity contribution in [2.45, 2.75) is 0 Å². The van der Waals surface area contributed by atoms with Crippen LogP contribution in [0.15, 0.2) is 104 Å². The van der Waals surface area contributed by atoms with Gasteiger partial charge in [0.1, 0.15) is 30.5 Å². The third-order valence-electron chi connectivity index (χ3n) is 3.95. The summed E-state index contributed by atoms with van der Waals surface area (Å²) in [6.45, 7) is 7.42. The van der Waals surface area contributed by atoms with E-state index in [9.17, 15) is 9.59 Å². The molecule has 0 spiro atoms. The highest BCUT2D eigenvalue weighted by molar-refractivity contribution is 6.15. The van der Waals surface area contributed by atoms with Crippen molar-refractivity contribution in [3.63, 3.8) is 0 Å². The number of para-hydroxylation sites is 3. The van der Waals surface area contributed by atoms with Crippen molar-refractivity contribution in [3.05, 3.63) is 110 Å². The lowest BCUT2D eigenvalue weighted by atomic mass is 10.1. The quantitative estimate of drug-likeness (QED) is 0.278. The molecule has 3 aromatic carbocycles. The molecule has 0 atom stereocenters. The molecule has 0 fully saturated rings. The largest absolute Gasteiger partial charge is 0.490 e. The second kappa shape index (κ2) is 13.1. The number of esters is 1. The molecule has 6 heteroatoms. The van der Waals surface area contributed by atoms with Crippen LogP contribution in [0.25, 0.3) is 5.57 Å². The van der Waals surface area contributed by atoms with E-state index in [4.69, 9.17) is 19.3 Å². The number of rotatable bonds is 9. The van der Waals surface area contributed by atoms with Gasteiger partial charge in [-0.1, -0.05) is 67.8 Å². The molecule has 3 rings (SSSR count). The normalized spacial score (nSPS) is 9.50. The van der Waals surface area contributed by atoms with Gasteiger partial charge in [-0.25, -0.2) is 9.59 Å². The second-order valence-corrected chi connectivity index (χ2v) is 6.23. The Bertz CT molecular complexity index is 1030. The zero-order chi connectivity index (χ0) is 23.2. The first kappa shape index (κ1) is 24.0. The van der Waals surface area contributed by atoms with Gasteiger partial charge < -0.3 is 19.3 Å². The summed E-state index contributed by atoms with van der Waals surface area (Å²) in [4.78, 5) is 21.6. The predicted molar refractivity (Wildman–Crippen MR) is 123 cm³/mol. The first-order chi connectivity index (χ1) is 15.5. The van der Waals surface area contributed by atoms with Crippen molar-refractivity contribution in [3.8, 4) is 17.2 Å². The lowest BCUT2D eigenvalue weighted by Crippen LogP contribution is -2.09. The minimum Gasteiger partial charge on any atom is -0.490 e. The van der Waals surface area contributed by atoms with Crippen molar-refractivity contribution < 1.29 is 28.9 Å². The zero-order valence-electron chi connectivity index (χ0n) is 17.5. The number of aliphatic carboxylic acids is 1. The lowest BCUT2D eigenvalue weighted by Gasteiger charge is -2.10. The molecule has 1 N–H and O–H groups in total. The smallest absolute Gasteiger partial charge is 0.335 e. The molecule has 0 saturated heterocycles. The second-order valence-electron chi connectivity index (χ2n) is 6.23. The maximum Gasteiger partial charge on any atom is 0.335 e. The van der Waals surface area contributed by atoms with E-state index in [1.165, 1.54) is 0 Å². The van der Waals surface area contributed by atoms with Crippen molar-refractivity contribution >= 4 is 17.5 Å². The molecule has 32 heavy (non-hydrogen) atoms. The van der Waals surface area contributed by atoms with Crippen LogP contribution in [0.4, 0.5) is 0 Å². The van der Waals surface area contributed by atoms with Gasteiger partial charge in [-0.3, -0.25) is 0 Å². The van der Waals surface area contributed by atoms with Crippen LogP contribution in [-0.4, -0.2) is 30.3 Å². The van der Waals surface area contributed by atoms with Crippen LogP contribution < -0.4 is 9.47 Å². The molecule has 0 heterocycles. The van der Waals surface area contributed by atoms with Crippen molar-refractivity contribution in [1.82, 2.24) is 0 Å². The lowest BCUT2D eigenvalue weighted by molar-refractivity contribution is -0.138. The SMILES string of the molecule is C=C(C(=O)O)c1ccccc1Oc1ccccc1.C=CC(=O)OCCOc1ccccc1. The monoisotopic (exact) mass is 432 g/mol. The van der Waals surface area contributed by atoms with E-state index in [2.05, 4.69) is 13.2 Å². The van der Waals surface area contributed by atoms with Crippen LogP contribution in [0, 0.1) is 0 Å². The first-order valence-corrected chi connectivity index (χ1v) is 9.72. The van der Waals surface area contributed by atoms with E-state index >= 15 is 0 Å². The molecule has 0 amide bonds. The fourth-order valence-corrected chi connectivity index (χ4v) is 2.41. The predicted octanol–water partition coefficient (Wildman–Crippen LogP) is 5.37. The third kappa shape index (κ3) is 8.20. The topological polar surface area (TPSA) is 82.1 Å². The summed E-state index contributed by atoms with van der Waals surface area (Å²) >= 11 is 0. The molecule has 6 nitrogen and oxygen atoms in total. The van der Waals surface area contributed by atoms with Gasteiger partial charge in [0.2, 0.25) is 0 Å². The van der Waals surface area contributed by atoms with E-state index in [1.807, 2.05) is 48.5 Å². The van der Waals surface area contributed by atoms with Gasteiger partial charge in [0.15, 0.2) is 0 Å². The molecule has 0 bridgehead atoms. The Hall–Kier alpha value is -4.32. The summed E-state index contributed by atoms with van der Waals surface area (Å²) < 4.78 is 15.7. The maximum atomic E-state index is 10.9. The maximum absolute atomic E-state index is 10.9. The van der Waals surface area contributed by atoms with Crippen molar-refractivity contribution in [2.24, 2.45) is 0 Å². The molecule has 0 aliphatic rings. The van der Waals surface area contributed by atoms with Crippen LogP contribution in [0.3, 0.4) is 0 Å². The summed E-state index contributed by atoms with van der Waals surface area (Å²) in [6.07, 6.45) is 1.13. The number of carbonyl (C=O) groups is 2. The van der Waals surface area contributed by atoms with E-state index in [-0.39, 0.29) is 12.2 Å². The van der Waals surface area contributed by atoms with Gasteiger partial charge in [-0.15, -0.1) is 0 Å². The Kier molecular flexibility index (Phi) is 9.79. The van der Waals surface area contributed by atoms with Crippen LogP contribution in [0.5, 0.6) is 17.2 Å². The van der Waals surface area contributed by atoms with Gasteiger partial charge in [0, 0.05) is 11.6 Å². The highest BCUT2D eigenvalue weighted by Crippen LogP contribution is 2.29. The number of carbonyl (C=O) groups excluding carboxylic acids is 1. The highest BCUT2D eigenvalue weighted by atomic mass is 16.6. The molecular formula is C26H24O6. The summed E-state index contributed by atoms with van der Waals surface area (Å²) in [5.41, 5.74) is 0.496. The molecular weight excluding hydrogens is 408 g/mol. The molecule has 0 aliphatic carbocycles. The fraction of sp³-hybridized carbons (Fsp3) is 0.0769. The number of ether oxygens (including phenoxy) is 3. The average Bonchev–Trinajstić information content (AvgIpc) is 2.83. The van der Waals surface area contributed by atoms with Gasteiger partial charge in [0.25, 0.3) is 0 Å². The number of hydrogen-bond acceptors (Lipinski definition) is 5. The van der Waals surface area contributed by atoms with Gasteiger partial charge in [-0.05, 0) is 30.3 Å². The van der Waals surface area contributed by atoms with Gasteiger partial charge in [0.05, 0.1) is 5.57 Å². The number of benzene rings is 3. The van der Waals surface area contributed by atoms with E-state index in [1.54, 1.807) is 36.4 Å². The summed E-state index contributed by atoms with van der Waals surface area (Å²) in [5.74, 6) is 0.419. The number of hydrogen-bond donors (Lipinski definition) is 1. The molecule has 164 valence electrons. The summed E-state index contributed by atoms with van der Waals surface area (Å²) in [5, 5.41) is 8.97. The Morgan fingerprint density at radius 1 is 0.812 bits per heavy atom. The Morgan fingerprint density at radius 3 is 1.97 bits per heavy atom. The fourth-order valence-electron chi connectivity index (χ4n) is 2.41. The van der Waals surface area contributed by atoms with Crippen molar-refractivity contribution in [1.29, 1.82) is 0 Å². The van der Waals surface area contributed by atoms with Crippen LogP contribution >= 0.6 is 0 Å². The molecule has 3 aromatic rings. The Balaban J connectivity index is 0.000000235. The van der Waals surface area contributed by atoms with E-state index in [0.29, 0.717) is 23.7 Å². The molecule has 0 unspecified atom stereocenters. The number of carboxylic acid groups (broad SMARTS) is 1. The van der Waals surface area contributed by atoms with E-state index < -0.39 is 11.9 Å². The third-order valence-corrected chi connectivity index (χ3v) is 3.95. The zero-order valence-corrected chi connectivity index (χ0v) is 17.5. The number of carboxylic acids is 1. The van der Waals surface area contributed by atoms with Gasteiger partial charge >= 0.3 is 11.9 Å². The highest BCUT2D eigenvalue weighted by Gasteiger charge is 2.12. The molecule has 0 aliphatic heterocycles. The standard InChI is InChI=1S/C15H12O3.C11H12O3/c1-11(15(16)17)13-9-5-6-10-14(13)18-12-7-3-2-4-8-12;1-2-11(12)14-9-8-13-10-6-4-3-5-7-10/h2-10H,1H2,(H,16,17);2-7H,1,8-9H2. The Morgan fingerprint density at radius 2 is 1.38 bits per heavy atom. The van der Waals surface area contributed by atoms with Crippen molar-refractivity contribution in [2.75, 3.05) is 13.2 Å². The first-order valence-electron chi connectivity index (χ1n) is 9.72. The Labute approximate surface area is 187 Å². The minimum atomic E-state index is -1.06. The molecule has 0 aromatic heterocycles. The van der Waals surface area contributed by atoms with Crippen LogP contribution in [-0.2, 0) is 14.3 Å². The minimum absolute atomic E-state index is 0.0153. The van der Waals surface area contributed by atoms with Gasteiger partial charge in [-0.2, -0.15) is 0 Å². The summed E-state index contributed by atoms with van der Waals surface area (Å²) in [7, 11) is 0. The van der Waals surface area contributed by atoms with Crippen LogP contribution in [0.2, 0.25) is 0 Å².